The van der Waals surface area contributed by atoms with E-state index in [1.54, 1.807) is 0 Å². The van der Waals surface area contributed by atoms with Crippen molar-refractivity contribution in [2.24, 2.45) is 0 Å². The number of nitrogens with two attached hydrogens (primary N) is 1. The molecule has 1 atom stereocenters. The van der Waals surface area contributed by atoms with Crippen LogP contribution in [0.3, 0.4) is 0 Å². The van der Waals surface area contributed by atoms with Gasteiger partial charge < -0.3 is 15.1 Å². The molecule has 4 heteroatoms. The Labute approximate surface area is 144 Å². The number of amides is 1. The zero-order valence-corrected chi connectivity index (χ0v) is 14.6. The van der Waals surface area contributed by atoms with Crippen molar-refractivity contribution in [1.82, 2.24) is 5.32 Å². The molecule has 2 aromatic rings. The summed E-state index contributed by atoms with van der Waals surface area (Å²) in [6.45, 7) is 2.49. The normalized spacial score (nSPS) is 18.0. The van der Waals surface area contributed by atoms with Crippen molar-refractivity contribution in [3.8, 4) is 0 Å². The van der Waals surface area contributed by atoms with Crippen LogP contribution in [0, 0.1) is 0 Å². The molecule has 0 aliphatic heterocycles. The molecule has 0 radical (unpaired) electrons. The van der Waals surface area contributed by atoms with Gasteiger partial charge >= 0.3 is 0 Å². The first-order valence-corrected chi connectivity index (χ1v) is 9.33. The SMILES string of the molecule is C[C@H](NC(=O)C[NH2+]C1CCCCCCC1)c1cc2ccccc2o1. The smallest absolute Gasteiger partial charge is 0.275 e. The van der Waals surface area contributed by atoms with Crippen molar-refractivity contribution in [1.29, 1.82) is 0 Å². The Morgan fingerprint density at radius 3 is 2.67 bits per heavy atom. The number of carbonyl (C=O) groups is 1. The number of quaternary nitrogens is 1. The molecule has 3 rings (SSSR count). The Hall–Kier alpha value is -1.81. The van der Waals surface area contributed by atoms with Crippen LogP contribution in [0.15, 0.2) is 34.7 Å². The highest BCUT2D eigenvalue weighted by Crippen LogP contribution is 2.23. The van der Waals surface area contributed by atoms with Crippen LogP contribution < -0.4 is 10.6 Å². The van der Waals surface area contributed by atoms with Crippen molar-refractivity contribution in [2.75, 3.05) is 6.54 Å². The summed E-state index contributed by atoms with van der Waals surface area (Å²) in [5, 5.41) is 6.37. The summed E-state index contributed by atoms with van der Waals surface area (Å²) in [6.07, 6.45) is 9.16. The fourth-order valence-corrected chi connectivity index (χ4v) is 3.58. The average Bonchev–Trinajstić information content (AvgIpc) is 2.98. The van der Waals surface area contributed by atoms with E-state index in [1.165, 1.54) is 44.9 Å². The summed E-state index contributed by atoms with van der Waals surface area (Å²) in [7, 11) is 0. The number of fused-ring (bicyclic) bond motifs is 1. The van der Waals surface area contributed by atoms with Gasteiger partial charge in [-0.1, -0.05) is 37.5 Å². The first kappa shape index (κ1) is 17.0. The summed E-state index contributed by atoms with van der Waals surface area (Å²) < 4.78 is 5.83. The van der Waals surface area contributed by atoms with Crippen LogP contribution in [-0.2, 0) is 4.79 Å². The van der Waals surface area contributed by atoms with Gasteiger partial charge in [0.05, 0.1) is 12.1 Å². The van der Waals surface area contributed by atoms with Crippen LogP contribution in [0.5, 0.6) is 0 Å². The third-order valence-electron chi connectivity index (χ3n) is 5.04. The molecule has 4 nitrogen and oxygen atoms in total. The van der Waals surface area contributed by atoms with Gasteiger partial charge in [-0.3, -0.25) is 4.79 Å². The van der Waals surface area contributed by atoms with Gasteiger partial charge in [0, 0.05) is 5.39 Å². The Kier molecular flexibility index (Phi) is 5.91. The monoisotopic (exact) mass is 329 g/mol. The lowest BCUT2D eigenvalue weighted by atomic mass is 9.97. The van der Waals surface area contributed by atoms with Gasteiger partial charge in [-0.15, -0.1) is 0 Å². The molecular formula is C20H29N2O2+. The summed E-state index contributed by atoms with van der Waals surface area (Å²) in [4.78, 5) is 12.3. The Bertz CT molecular complexity index is 623. The van der Waals surface area contributed by atoms with Gasteiger partial charge in [-0.2, -0.15) is 0 Å². The minimum Gasteiger partial charge on any atom is -0.459 e. The maximum Gasteiger partial charge on any atom is 0.275 e. The van der Waals surface area contributed by atoms with E-state index in [0.29, 0.717) is 12.6 Å². The average molecular weight is 329 g/mol. The predicted octanol–water partition coefficient (Wildman–Crippen LogP) is 3.29. The number of furan rings is 1. The first-order chi connectivity index (χ1) is 11.7. The molecule has 0 saturated heterocycles. The second-order valence-corrected chi connectivity index (χ2v) is 7.02. The maximum absolute atomic E-state index is 12.3. The summed E-state index contributed by atoms with van der Waals surface area (Å²) in [6, 6.07) is 10.5. The lowest BCUT2D eigenvalue weighted by Crippen LogP contribution is -2.92. The fraction of sp³-hybridized carbons (Fsp3) is 0.550. The molecule has 1 heterocycles. The van der Waals surface area contributed by atoms with Crippen LogP contribution >= 0.6 is 0 Å². The standard InChI is InChI=1S/C20H28N2O2/c1-15(19-13-16-9-7-8-12-18(16)24-19)22-20(23)14-21-17-10-5-3-2-4-6-11-17/h7-9,12-13,15,17,21H,2-6,10-11,14H2,1H3,(H,22,23)/p+1/t15-/m0/s1. The van der Waals surface area contributed by atoms with E-state index in [4.69, 9.17) is 4.42 Å². The maximum atomic E-state index is 12.3. The van der Waals surface area contributed by atoms with Gasteiger partial charge in [0.1, 0.15) is 11.3 Å². The molecule has 0 bridgehead atoms. The van der Waals surface area contributed by atoms with E-state index < -0.39 is 0 Å². The highest BCUT2D eigenvalue weighted by molar-refractivity contribution is 5.79. The van der Waals surface area contributed by atoms with E-state index in [-0.39, 0.29) is 11.9 Å². The minimum absolute atomic E-state index is 0.0880. The van der Waals surface area contributed by atoms with Crippen molar-refractivity contribution in [3.63, 3.8) is 0 Å². The second-order valence-electron chi connectivity index (χ2n) is 7.02. The third kappa shape index (κ3) is 4.60. The molecule has 24 heavy (non-hydrogen) atoms. The second kappa shape index (κ2) is 8.34. The lowest BCUT2D eigenvalue weighted by Gasteiger charge is -2.18. The predicted molar refractivity (Wildman–Crippen MR) is 95.7 cm³/mol. The van der Waals surface area contributed by atoms with E-state index in [2.05, 4.69) is 10.6 Å². The molecule has 1 aromatic heterocycles. The van der Waals surface area contributed by atoms with Gasteiger partial charge in [-0.05, 0) is 44.7 Å². The number of carbonyl (C=O) groups excluding carboxylic acids is 1. The van der Waals surface area contributed by atoms with Crippen LogP contribution in [0.1, 0.15) is 63.7 Å². The zero-order chi connectivity index (χ0) is 16.8. The molecule has 3 N–H and O–H groups in total. The van der Waals surface area contributed by atoms with Crippen molar-refractivity contribution in [3.05, 3.63) is 36.1 Å². The lowest BCUT2D eigenvalue weighted by molar-refractivity contribution is -0.680. The van der Waals surface area contributed by atoms with Gasteiger partial charge in [0.2, 0.25) is 0 Å². The van der Waals surface area contributed by atoms with Crippen molar-refractivity contribution in [2.45, 2.75) is 64.0 Å². The zero-order valence-electron chi connectivity index (χ0n) is 14.6. The number of benzene rings is 1. The number of hydrogen-bond donors (Lipinski definition) is 2. The number of nitrogens with one attached hydrogen (secondary N) is 1. The topological polar surface area (TPSA) is 58.9 Å². The molecule has 1 aliphatic rings. The fourth-order valence-electron chi connectivity index (χ4n) is 3.58. The van der Waals surface area contributed by atoms with E-state index in [0.717, 1.165) is 16.7 Å². The van der Waals surface area contributed by atoms with Gasteiger partial charge in [-0.25, -0.2) is 0 Å². The van der Waals surface area contributed by atoms with E-state index in [9.17, 15) is 4.79 Å². The highest BCUT2D eigenvalue weighted by atomic mass is 16.3. The Morgan fingerprint density at radius 1 is 1.21 bits per heavy atom. The molecule has 0 spiro atoms. The van der Waals surface area contributed by atoms with Gasteiger partial charge in [0.25, 0.3) is 5.91 Å². The Morgan fingerprint density at radius 2 is 1.92 bits per heavy atom. The van der Waals surface area contributed by atoms with Crippen molar-refractivity contribution >= 4 is 16.9 Å². The summed E-state index contributed by atoms with van der Waals surface area (Å²) in [5.74, 6) is 0.903. The van der Waals surface area contributed by atoms with E-state index >= 15 is 0 Å². The largest absolute Gasteiger partial charge is 0.459 e. The molecule has 1 aliphatic carbocycles. The van der Waals surface area contributed by atoms with E-state index in [1.807, 2.05) is 37.3 Å². The quantitative estimate of drug-likeness (QED) is 0.884. The molecule has 1 amide bonds. The summed E-state index contributed by atoms with van der Waals surface area (Å²) in [5.41, 5.74) is 0.870. The number of hydrogen-bond acceptors (Lipinski definition) is 2. The molecule has 1 fully saturated rings. The molecular weight excluding hydrogens is 300 g/mol. The van der Waals surface area contributed by atoms with Crippen LogP contribution in [0.4, 0.5) is 0 Å². The highest BCUT2D eigenvalue weighted by Gasteiger charge is 2.18. The summed E-state index contributed by atoms with van der Waals surface area (Å²) >= 11 is 0. The third-order valence-corrected chi connectivity index (χ3v) is 5.04. The van der Waals surface area contributed by atoms with Crippen molar-refractivity contribution < 1.29 is 14.5 Å². The van der Waals surface area contributed by atoms with Gasteiger partial charge in [0.15, 0.2) is 6.54 Å². The number of para-hydroxylation sites is 1. The molecule has 1 aromatic carbocycles. The molecule has 0 unspecified atom stereocenters. The first-order valence-electron chi connectivity index (χ1n) is 9.33. The van der Waals surface area contributed by atoms with Crippen LogP contribution in [0.25, 0.3) is 11.0 Å². The van der Waals surface area contributed by atoms with Crippen LogP contribution in [0.2, 0.25) is 0 Å². The molecule has 130 valence electrons. The Balaban J connectivity index is 1.48. The number of rotatable bonds is 5. The van der Waals surface area contributed by atoms with Crippen LogP contribution in [-0.4, -0.2) is 18.5 Å². The molecule has 1 saturated carbocycles. The minimum atomic E-state index is -0.101.